The summed E-state index contributed by atoms with van der Waals surface area (Å²) in [6.45, 7) is 16.0. The Bertz CT molecular complexity index is 597. The van der Waals surface area contributed by atoms with Crippen LogP contribution in [0.4, 0.5) is 0 Å². The Hall–Kier alpha value is -1.05. The Labute approximate surface area is 178 Å². The van der Waals surface area contributed by atoms with Gasteiger partial charge in [0.2, 0.25) is 0 Å². The monoisotopic (exact) mass is 424 g/mol. The van der Waals surface area contributed by atoms with E-state index in [2.05, 4.69) is 40.8 Å². The van der Waals surface area contributed by atoms with Crippen LogP contribution >= 0.6 is 0 Å². The molecule has 0 unspecified atom stereocenters. The third-order valence-corrected chi connectivity index (χ3v) is 10.1. The number of benzene rings is 1. The van der Waals surface area contributed by atoms with Crippen molar-refractivity contribution in [2.75, 3.05) is 20.5 Å². The molecule has 0 N–H and O–H groups in total. The van der Waals surface area contributed by atoms with Crippen molar-refractivity contribution in [1.82, 2.24) is 0 Å². The van der Waals surface area contributed by atoms with Crippen molar-refractivity contribution in [2.45, 2.75) is 78.0 Å². The number of ketones is 1. The van der Waals surface area contributed by atoms with Gasteiger partial charge in [0.25, 0.3) is 0 Å². The predicted molar refractivity (Wildman–Crippen MR) is 119 cm³/mol. The van der Waals surface area contributed by atoms with Crippen molar-refractivity contribution in [2.24, 2.45) is 5.92 Å². The molecule has 0 amide bonds. The maximum atomic E-state index is 12.3. The van der Waals surface area contributed by atoms with E-state index < -0.39 is 14.4 Å². The van der Waals surface area contributed by atoms with Gasteiger partial charge in [-0.25, -0.2) is 0 Å². The van der Waals surface area contributed by atoms with Crippen LogP contribution in [0.2, 0.25) is 18.1 Å². The van der Waals surface area contributed by atoms with Gasteiger partial charge in [-0.1, -0.05) is 58.0 Å². The highest BCUT2D eigenvalue weighted by molar-refractivity contribution is 6.74. The second-order valence-electron chi connectivity index (χ2n) is 9.35. The summed E-state index contributed by atoms with van der Waals surface area (Å²) in [5, 5.41) is 0.166. The molecule has 0 saturated carbocycles. The third kappa shape index (κ3) is 9.09. The zero-order chi connectivity index (χ0) is 22.1. The highest BCUT2D eigenvalue weighted by atomic mass is 28.4. The maximum Gasteiger partial charge on any atom is 0.191 e. The molecule has 0 spiro atoms. The standard InChI is InChI=1S/C23H40O5Si/c1-18(15-28-29(7,8)23(3,4)5)14-21(27-17-25-6)22(19(2)24)26-16-20-12-10-9-11-13-20/h9-13,18,21-22H,14-17H2,1-8H3/t18-,21+,22+/m1/s1. The average molecular weight is 425 g/mol. The smallest absolute Gasteiger partial charge is 0.191 e. The Morgan fingerprint density at radius 2 is 1.72 bits per heavy atom. The molecule has 5 nitrogen and oxygen atoms in total. The number of carbonyl (C=O) groups excluding carboxylic acids is 1. The number of carbonyl (C=O) groups is 1. The summed E-state index contributed by atoms with van der Waals surface area (Å²) < 4.78 is 23.3. The summed E-state index contributed by atoms with van der Waals surface area (Å²) in [6, 6.07) is 9.84. The Morgan fingerprint density at radius 3 is 2.24 bits per heavy atom. The van der Waals surface area contributed by atoms with Crippen LogP contribution in [0.3, 0.4) is 0 Å². The van der Waals surface area contributed by atoms with Gasteiger partial charge in [-0.05, 0) is 43.0 Å². The topological polar surface area (TPSA) is 54.0 Å². The molecule has 6 heteroatoms. The van der Waals surface area contributed by atoms with Gasteiger partial charge in [0, 0.05) is 13.7 Å². The lowest BCUT2D eigenvalue weighted by atomic mass is 9.98. The summed E-state index contributed by atoms with van der Waals surface area (Å²) in [7, 11) is -0.238. The minimum Gasteiger partial charge on any atom is -0.417 e. The van der Waals surface area contributed by atoms with Crippen LogP contribution in [-0.4, -0.2) is 46.8 Å². The molecule has 0 fully saturated rings. The van der Waals surface area contributed by atoms with E-state index >= 15 is 0 Å². The van der Waals surface area contributed by atoms with E-state index in [1.165, 1.54) is 0 Å². The van der Waals surface area contributed by atoms with Crippen molar-refractivity contribution in [3.8, 4) is 0 Å². The second-order valence-corrected chi connectivity index (χ2v) is 14.2. The molecule has 166 valence electrons. The van der Waals surface area contributed by atoms with Crippen LogP contribution in [0.5, 0.6) is 0 Å². The number of hydrogen-bond acceptors (Lipinski definition) is 5. The number of hydrogen-bond donors (Lipinski definition) is 0. The van der Waals surface area contributed by atoms with E-state index in [1.807, 2.05) is 30.3 Å². The van der Waals surface area contributed by atoms with Gasteiger partial charge in [-0.2, -0.15) is 0 Å². The first-order chi connectivity index (χ1) is 13.5. The molecule has 1 aromatic carbocycles. The summed E-state index contributed by atoms with van der Waals surface area (Å²) >= 11 is 0. The molecule has 0 aromatic heterocycles. The quantitative estimate of drug-likeness (QED) is 0.322. The van der Waals surface area contributed by atoms with Gasteiger partial charge in [0.1, 0.15) is 12.9 Å². The fourth-order valence-electron chi connectivity index (χ4n) is 2.71. The highest BCUT2D eigenvalue weighted by Gasteiger charge is 2.38. The fourth-order valence-corrected chi connectivity index (χ4v) is 3.85. The first-order valence-electron chi connectivity index (χ1n) is 10.4. The molecule has 29 heavy (non-hydrogen) atoms. The molecule has 0 bridgehead atoms. The highest BCUT2D eigenvalue weighted by Crippen LogP contribution is 2.37. The first kappa shape index (κ1) is 26.0. The minimum absolute atomic E-state index is 0.0421. The van der Waals surface area contributed by atoms with E-state index in [0.29, 0.717) is 19.6 Å². The molecule has 0 saturated heterocycles. The lowest BCUT2D eigenvalue weighted by Gasteiger charge is -2.37. The molecule has 0 heterocycles. The van der Waals surface area contributed by atoms with Crippen LogP contribution in [0.15, 0.2) is 30.3 Å². The zero-order valence-corrected chi connectivity index (χ0v) is 20.5. The molecule has 1 rings (SSSR count). The first-order valence-corrected chi connectivity index (χ1v) is 13.3. The van der Waals surface area contributed by atoms with Gasteiger partial charge >= 0.3 is 0 Å². The van der Waals surface area contributed by atoms with Crippen LogP contribution < -0.4 is 0 Å². The lowest BCUT2D eigenvalue weighted by Crippen LogP contribution is -2.43. The van der Waals surface area contributed by atoms with Crippen LogP contribution in [0.25, 0.3) is 0 Å². The third-order valence-electron chi connectivity index (χ3n) is 5.58. The zero-order valence-electron chi connectivity index (χ0n) is 19.5. The normalized spacial score (nSPS) is 15.7. The van der Waals surface area contributed by atoms with Crippen molar-refractivity contribution in [1.29, 1.82) is 0 Å². The second kappa shape index (κ2) is 12.0. The van der Waals surface area contributed by atoms with Gasteiger partial charge in [-0.15, -0.1) is 0 Å². The predicted octanol–water partition coefficient (Wildman–Crippen LogP) is 5.20. The SMILES string of the molecule is COCO[C@@H](C[C@@H](C)CO[Si](C)(C)C(C)(C)C)[C@@H](OCc1ccccc1)C(C)=O. The number of rotatable bonds is 13. The van der Waals surface area contributed by atoms with Crippen molar-refractivity contribution in [3.63, 3.8) is 0 Å². The largest absolute Gasteiger partial charge is 0.417 e. The van der Waals surface area contributed by atoms with Gasteiger partial charge in [0.15, 0.2) is 14.1 Å². The Morgan fingerprint density at radius 1 is 1.10 bits per heavy atom. The van der Waals surface area contributed by atoms with Crippen LogP contribution in [0.1, 0.15) is 46.6 Å². The number of Topliss-reactive ketones (excluding diaryl/α,β-unsaturated/α-hetero) is 1. The average Bonchev–Trinajstić information content (AvgIpc) is 2.64. The minimum atomic E-state index is -1.82. The maximum absolute atomic E-state index is 12.3. The van der Waals surface area contributed by atoms with Gasteiger partial charge in [-0.3, -0.25) is 4.79 Å². The van der Waals surface area contributed by atoms with Crippen molar-refractivity contribution >= 4 is 14.1 Å². The van der Waals surface area contributed by atoms with E-state index in [4.69, 9.17) is 18.6 Å². The molecule has 3 atom stereocenters. The van der Waals surface area contributed by atoms with Crippen LogP contribution in [-0.2, 0) is 30.0 Å². The van der Waals surface area contributed by atoms with E-state index in [9.17, 15) is 4.79 Å². The molecule has 0 aliphatic carbocycles. The molecule has 0 aliphatic heterocycles. The van der Waals surface area contributed by atoms with Gasteiger partial charge in [0.05, 0.1) is 12.7 Å². The lowest BCUT2D eigenvalue weighted by molar-refractivity contribution is -0.157. The summed E-state index contributed by atoms with van der Waals surface area (Å²) in [6.07, 6.45) is -0.355. The Balaban J connectivity index is 2.76. The molecular weight excluding hydrogens is 384 g/mol. The van der Waals surface area contributed by atoms with Crippen LogP contribution in [0, 0.1) is 5.92 Å². The molecule has 1 aromatic rings. The van der Waals surface area contributed by atoms with E-state index in [0.717, 1.165) is 5.56 Å². The van der Waals surface area contributed by atoms with Crippen molar-refractivity contribution < 1.29 is 23.4 Å². The number of ether oxygens (including phenoxy) is 3. The summed E-state index contributed by atoms with van der Waals surface area (Å²) in [5.74, 6) is 0.188. The Kier molecular flexibility index (Phi) is 10.7. The number of methoxy groups -OCH3 is 1. The molecule has 0 aliphatic rings. The molecule has 0 radical (unpaired) electrons. The van der Waals surface area contributed by atoms with Gasteiger partial charge < -0.3 is 18.6 Å². The van der Waals surface area contributed by atoms with Crippen molar-refractivity contribution in [3.05, 3.63) is 35.9 Å². The summed E-state index contributed by atoms with van der Waals surface area (Å²) in [4.78, 5) is 12.3. The van der Waals surface area contributed by atoms with E-state index in [-0.39, 0.29) is 29.6 Å². The van der Waals surface area contributed by atoms with E-state index in [1.54, 1.807) is 14.0 Å². The fraction of sp³-hybridized carbons (Fsp3) is 0.696. The molecular formula is C23H40O5Si. The summed E-state index contributed by atoms with van der Waals surface area (Å²) in [5.41, 5.74) is 1.03.